The average Bonchev–Trinajstić information content (AvgIpc) is 2.89. The van der Waals surface area contributed by atoms with Crippen LogP contribution in [0.3, 0.4) is 0 Å². The van der Waals surface area contributed by atoms with Gasteiger partial charge in [0.1, 0.15) is 0 Å². The van der Waals surface area contributed by atoms with Gasteiger partial charge in [0.15, 0.2) is 0 Å². The first-order valence-corrected chi connectivity index (χ1v) is 16.2. The fourth-order valence-corrected chi connectivity index (χ4v) is 4.65. The van der Waals surface area contributed by atoms with E-state index in [1.54, 1.807) is 0 Å². The maximum atomic E-state index is 10.2. The third-order valence-corrected chi connectivity index (χ3v) is 7.08. The Morgan fingerprint density at radius 3 is 0.641 bits per heavy atom. The molecule has 228 valence electrons. The molecule has 0 saturated heterocycles. The molecule has 0 spiro atoms. The van der Waals surface area contributed by atoms with Crippen LogP contribution in [0, 0.1) is 0 Å². The zero-order valence-corrected chi connectivity index (χ0v) is 28.4. The van der Waals surface area contributed by atoms with Gasteiger partial charge in [0.05, 0.1) is 0 Å². The normalized spacial score (nSPS) is 10.5. The quantitative estimate of drug-likeness (QED) is 0.0722. The molecule has 0 aromatic carbocycles. The van der Waals surface area contributed by atoms with Gasteiger partial charge in [-0.05, 0) is 38.5 Å². The topological polar surface area (TPSA) is 121 Å². The molecule has 0 rings (SSSR count). The van der Waals surface area contributed by atoms with Crippen LogP contribution in [0.25, 0.3) is 0 Å². The summed E-state index contributed by atoms with van der Waals surface area (Å²) in [5.74, 6) is -1.84. The number of carboxylic acids is 2. The minimum atomic E-state index is -0.918. The van der Waals surface area contributed by atoms with Gasteiger partial charge in [0, 0.05) is 25.2 Å². The van der Waals surface area contributed by atoms with E-state index in [0.717, 1.165) is 51.4 Å². The van der Waals surface area contributed by atoms with Crippen LogP contribution < -0.4 is 10.2 Å². The SMILES string of the molecule is O=C([O-])CCCCCCCCCCCCCCCO.O=C([O-])CCCCCCCCCCCCCCCO.[Zn+2]. The minimum absolute atomic E-state index is 0. The van der Waals surface area contributed by atoms with Crippen LogP contribution in [0.5, 0.6) is 0 Å². The summed E-state index contributed by atoms with van der Waals surface area (Å²) in [7, 11) is 0. The second-order valence-corrected chi connectivity index (χ2v) is 10.9. The summed E-state index contributed by atoms with van der Waals surface area (Å²) in [6, 6.07) is 0. The van der Waals surface area contributed by atoms with Crippen molar-refractivity contribution in [1.29, 1.82) is 0 Å². The number of carbonyl (C=O) groups excluding carboxylic acids is 2. The van der Waals surface area contributed by atoms with Crippen LogP contribution in [-0.4, -0.2) is 35.4 Å². The Kier molecular flexibility index (Phi) is 43.6. The van der Waals surface area contributed by atoms with Gasteiger partial charge in [0.2, 0.25) is 0 Å². The number of aliphatic hydroxyl groups is 2. The smallest absolute Gasteiger partial charge is 0.550 e. The third kappa shape index (κ3) is 47.6. The zero-order chi connectivity index (χ0) is 28.4. The van der Waals surface area contributed by atoms with Crippen molar-refractivity contribution in [2.75, 3.05) is 13.2 Å². The predicted octanol–water partition coefficient (Wildman–Crippen LogP) is 6.38. The fraction of sp³-hybridized carbons (Fsp3) is 0.938. The zero-order valence-electron chi connectivity index (χ0n) is 25.4. The molecule has 0 saturated carbocycles. The molecule has 39 heavy (non-hydrogen) atoms. The summed E-state index contributed by atoms with van der Waals surface area (Å²) in [6.45, 7) is 0.673. The van der Waals surface area contributed by atoms with Gasteiger partial charge in [-0.3, -0.25) is 0 Å². The van der Waals surface area contributed by atoms with Crippen molar-refractivity contribution in [2.24, 2.45) is 0 Å². The Morgan fingerprint density at radius 1 is 0.333 bits per heavy atom. The Hall–Kier alpha value is -0.517. The van der Waals surface area contributed by atoms with Gasteiger partial charge in [-0.25, -0.2) is 0 Å². The van der Waals surface area contributed by atoms with Crippen LogP contribution in [0.15, 0.2) is 0 Å². The molecular weight excluding hydrogens is 546 g/mol. The molecule has 0 unspecified atom stereocenters. The maximum Gasteiger partial charge on any atom is 2.00 e. The number of hydrogen-bond donors (Lipinski definition) is 2. The summed E-state index contributed by atoms with van der Waals surface area (Å²) >= 11 is 0. The van der Waals surface area contributed by atoms with Gasteiger partial charge in [0.25, 0.3) is 0 Å². The standard InChI is InChI=1S/2C16H32O3.Zn/c2*17-15-13-11-9-7-5-3-1-2-4-6-8-10-12-14-16(18)19;/h2*17H,1-15H2,(H,18,19);/q;;+2/p-2. The van der Waals surface area contributed by atoms with Crippen molar-refractivity contribution >= 4 is 11.9 Å². The second-order valence-electron chi connectivity index (χ2n) is 10.9. The first kappa shape index (κ1) is 42.9. The summed E-state index contributed by atoms with van der Waals surface area (Å²) in [5.41, 5.74) is 0. The van der Waals surface area contributed by atoms with Crippen molar-refractivity contribution in [3.05, 3.63) is 0 Å². The van der Waals surface area contributed by atoms with Crippen molar-refractivity contribution in [3.8, 4) is 0 Å². The van der Waals surface area contributed by atoms with Crippen molar-refractivity contribution < 1.29 is 49.5 Å². The number of carboxylic acid groups (broad SMARTS) is 2. The van der Waals surface area contributed by atoms with Crippen LogP contribution in [-0.2, 0) is 29.1 Å². The number of rotatable bonds is 30. The second kappa shape index (κ2) is 39.6. The molecule has 0 aromatic rings. The summed E-state index contributed by atoms with van der Waals surface area (Å²) < 4.78 is 0. The van der Waals surface area contributed by atoms with Gasteiger partial charge in [-0.2, -0.15) is 0 Å². The van der Waals surface area contributed by atoms with Gasteiger partial charge in [-0.1, -0.05) is 141 Å². The molecule has 7 heteroatoms. The first-order chi connectivity index (χ1) is 18.5. The van der Waals surface area contributed by atoms with E-state index < -0.39 is 11.9 Å². The maximum absolute atomic E-state index is 10.2. The number of unbranched alkanes of at least 4 members (excludes halogenated alkanes) is 24. The summed E-state index contributed by atoms with van der Waals surface area (Å²) in [6.07, 6.45) is 31.4. The molecule has 0 radical (unpaired) electrons. The molecule has 2 N–H and O–H groups in total. The molecule has 0 amide bonds. The van der Waals surface area contributed by atoms with E-state index in [0.29, 0.717) is 13.2 Å². The van der Waals surface area contributed by atoms with Gasteiger partial charge < -0.3 is 30.0 Å². The molecule has 0 aliphatic carbocycles. The predicted molar refractivity (Wildman–Crippen MR) is 153 cm³/mol. The van der Waals surface area contributed by atoms with Gasteiger partial charge >= 0.3 is 19.5 Å². The van der Waals surface area contributed by atoms with E-state index in [1.165, 1.54) is 116 Å². The number of hydrogen-bond acceptors (Lipinski definition) is 6. The van der Waals surface area contributed by atoms with Gasteiger partial charge in [-0.15, -0.1) is 0 Å². The van der Waals surface area contributed by atoms with Crippen molar-refractivity contribution in [2.45, 2.75) is 180 Å². The third-order valence-electron chi connectivity index (χ3n) is 7.08. The molecule has 0 aliphatic rings. The average molecular weight is 608 g/mol. The van der Waals surface area contributed by atoms with Crippen molar-refractivity contribution in [1.82, 2.24) is 0 Å². The van der Waals surface area contributed by atoms with Crippen LogP contribution >= 0.6 is 0 Å². The molecule has 6 nitrogen and oxygen atoms in total. The number of carbonyl (C=O) groups is 2. The van der Waals surface area contributed by atoms with E-state index in [4.69, 9.17) is 10.2 Å². The van der Waals surface area contributed by atoms with E-state index >= 15 is 0 Å². The first-order valence-electron chi connectivity index (χ1n) is 16.2. The van der Waals surface area contributed by atoms with E-state index in [9.17, 15) is 19.8 Å². The van der Waals surface area contributed by atoms with Crippen LogP contribution in [0.2, 0.25) is 0 Å². The summed E-state index contributed by atoms with van der Waals surface area (Å²) in [4.78, 5) is 20.4. The summed E-state index contributed by atoms with van der Waals surface area (Å²) in [5, 5.41) is 37.7. The molecule has 0 heterocycles. The molecule has 0 fully saturated rings. The Morgan fingerprint density at radius 2 is 0.487 bits per heavy atom. The van der Waals surface area contributed by atoms with E-state index in [1.807, 2.05) is 0 Å². The molecular formula is C32H62O6Zn. The Labute approximate surface area is 253 Å². The van der Waals surface area contributed by atoms with Crippen LogP contribution in [0.4, 0.5) is 0 Å². The monoisotopic (exact) mass is 606 g/mol. The van der Waals surface area contributed by atoms with Crippen molar-refractivity contribution in [3.63, 3.8) is 0 Å². The molecule has 0 aromatic heterocycles. The number of aliphatic hydroxyl groups excluding tert-OH is 2. The van der Waals surface area contributed by atoms with E-state index in [2.05, 4.69) is 0 Å². The number of aliphatic carboxylic acids is 2. The molecule has 0 atom stereocenters. The van der Waals surface area contributed by atoms with Crippen LogP contribution in [0.1, 0.15) is 180 Å². The largest absolute Gasteiger partial charge is 2.00 e. The Bertz CT molecular complexity index is 434. The fourth-order valence-electron chi connectivity index (χ4n) is 4.65. The minimum Gasteiger partial charge on any atom is -0.550 e. The molecule has 0 bridgehead atoms. The Balaban J connectivity index is -0.000000648. The molecule has 0 aliphatic heterocycles. The van der Waals surface area contributed by atoms with E-state index in [-0.39, 0.29) is 32.3 Å².